The molecule has 3 aromatic rings. The molecule has 23 heavy (non-hydrogen) atoms. The van der Waals surface area contributed by atoms with Crippen molar-refractivity contribution in [2.45, 2.75) is 13.0 Å². The standard InChI is InChI=1S/C16H13ClN4O2/c17-13-5-1-3-11(7-13)8-14-20-21-16(23-14)15(22)19-10-12-4-2-6-18-9-12/h1-7,9H,8,10H2,(H,19,22). The van der Waals surface area contributed by atoms with E-state index in [4.69, 9.17) is 16.0 Å². The Kier molecular flexibility index (Phi) is 4.63. The molecule has 0 unspecified atom stereocenters. The van der Waals surface area contributed by atoms with Gasteiger partial charge in [0.1, 0.15) is 0 Å². The predicted molar refractivity (Wildman–Crippen MR) is 84.0 cm³/mol. The van der Waals surface area contributed by atoms with E-state index in [2.05, 4.69) is 20.5 Å². The molecule has 0 bridgehead atoms. The Morgan fingerprint density at radius 3 is 2.83 bits per heavy atom. The normalized spacial score (nSPS) is 10.5. The largest absolute Gasteiger partial charge is 0.417 e. The van der Waals surface area contributed by atoms with Crippen molar-refractivity contribution in [1.82, 2.24) is 20.5 Å². The summed E-state index contributed by atoms with van der Waals surface area (Å²) in [5.41, 5.74) is 1.82. The highest BCUT2D eigenvalue weighted by Crippen LogP contribution is 2.14. The number of benzene rings is 1. The molecule has 1 N–H and O–H groups in total. The van der Waals surface area contributed by atoms with Crippen molar-refractivity contribution in [2.75, 3.05) is 0 Å². The molecule has 1 aromatic carbocycles. The summed E-state index contributed by atoms with van der Waals surface area (Å²) >= 11 is 5.93. The molecule has 2 heterocycles. The van der Waals surface area contributed by atoms with Crippen LogP contribution in [0.15, 0.2) is 53.2 Å². The molecular formula is C16H13ClN4O2. The van der Waals surface area contributed by atoms with Crippen LogP contribution in [0.2, 0.25) is 5.02 Å². The third-order valence-corrected chi connectivity index (χ3v) is 3.32. The first-order valence-electron chi connectivity index (χ1n) is 6.94. The molecule has 0 saturated heterocycles. The van der Waals surface area contributed by atoms with Crippen molar-refractivity contribution in [3.8, 4) is 0 Å². The number of amides is 1. The molecule has 2 aromatic heterocycles. The first-order chi connectivity index (χ1) is 11.2. The van der Waals surface area contributed by atoms with Crippen molar-refractivity contribution in [1.29, 1.82) is 0 Å². The fraction of sp³-hybridized carbons (Fsp3) is 0.125. The second kappa shape index (κ2) is 7.02. The van der Waals surface area contributed by atoms with Gasteiger partial charge in [-0.1, -0.05) is 29.8 Å². The van der Waals surface area contributed by atoms with Crippen LogP contribution in [0.25, 0.3) is 0 Å². The predicted octanol–water partition coefficient (Wildman–Crippen LogP) is 2.64. The number of carbonyl (C=O) groups is 1. The van der Waals surface area contributed by atoms with Gasteiger partial charge in [0, 0.05) is 24.0 Å². The molecule has 0 radical (unpaired) electrons. The molecule has 1 amide bonds. The lowest BCUT2D eigenvalue weighted by Gasteiger charge is -2.01. The van der Waals surface area contributed by atoms with E-state index in [-0.39, 0.29) is 5.89 Å². The number of nitrogens with zero attached hydrogens (tertiary/aromatic N) is 3. The first kappa shape index (κ1) is 15.2. The summed E-state index contributed by atoms with van der Waals surface area (Å²) in [6.07, 6.45) is 3.77. The van der Waals surface area contributed by atoms with Gasteiger partial charge in [0.25, 0.3) is 0 Å². The summed E-state index contributed by atoms with van der Waals surface area (Å²) in [6, 6.07) is 11.0. The molecule has 7 heteroatoms. The highest BCUT2D eigenvalue weighted by molar-refractivity contribution is 6.30. The second-order valence-corrected chi connectivity index (χ2v) is 5.29. The minimum absolute atomic E-state index is 0.0640. The van der Waals surface area contributed by atoms with Crippen LogP contribution >= 0.6 is 11.6 Å². The van der Waals surface area contributed by atoms with E-state index in [9.17, 15) is 4.79 Å². The van der Waals surface area contributed by atoms with Gasteiger partial charge in [0.05, 0.1) is 6.42 Å². The Bertz CT molecular complexity index is 805. The SMILES string of the molecule is O=C(NCc1cccnc1)c1nnc(Cc2cccc(Cl)c2)o1. The van der Waals surface area contributed by atoms with Gasteiger partial charge < -0.3 is 9.73 Å². The van der Waals surface area contributed by atoms with Crippen LogP contribution in [0.1, 0.15) is 27.7 Å². The van der Waals surface area contributed by atoms with E-state index in [1.807, 2.05) is 24.3 Å². The fourth-order valence-corrected chi connectivity index (χ4v) is 2.21. The van der Waals surface area contributed by atoms with Crippen LogP contribution in [0.5, 0.6) is 0 Å². The zero-order valence-corrected chi connectivity index (χ0v) is 12.8. The van der Waals surface area contributed by atoms with Gasteiger partial charge in [0.2, 0.25) is 5.89 Å². The topological polar surface area (TPSA) is 80.9 Å². The first-order valence-corrected chi connectivity index (χ1v) is 7.32. The lowest BCUT2D eigenvalue weighted by atomic mass is 10.1. The van der Waals surface area contributed by atoms with Crippen LogP contribution in [0, 0.1) is 0 Å². The number of carbonyl (C=O) groups excluding carboxylic acids is 1. The van der Waals surface area contributed by atoms with E-state index in [1.54, 1.807) is 24.5 Å². The van der Waals surface area contributed by atoms with Crippen LogP contribution in [-0.2, 0) is 13.0 Å². The van der Waals surface area contributed by atoms with Gasteiger partial charge >= 0.3 is 11.8 Å². The Morgan fingerprint density at radius 1 is 1.17 bits per heavy atom. The van der Waals surface area contributed by atoms with E-state index < -0.39 is 5.91 Å². The molecule has 0 saturated carbocycles. The maximum Gasteiger partial charge on any atom is 0.309 e. The minimum atomic E-state index is -0.418. The molecule has 0 aliphatic heterocycles. The smallest absolute Gasteiger partial charge is 0.309 e. The van der Waals surface area contributed by atoms with Crippen LogP contribution in [0.3, 0.4) is 0 Å². The van der Waals surface area contributed by atoms with Gasteiger partial charge in [-0.3, -0.25) is 9.78 Å². The van der Waals surface area contributed by atoms with Crippen LogP contribution in [-0.4, -0.2) is 21.1 Å². The Balaban J connectivity index is 1.61. The van der Waals surface area contributed by atoms with E-state index >= 15 is 0 Å². The van der Waals surface area contributed by atoms with Gasteiger partial charge in [0.15, 0.2) is 0 Å². The number of rotatable bonds is 5. The van der Waals surface area contributed by atoms with Gasteiger partial charge in [-0.05, 0) is 29.3 Å². The highest BCUT2D eigenvalue weighted by atomic mass is 35.5. The Hall–Kier alpha value is -2.73. The number of halogens is 1. The van der Waals surface area contributed by atoms with E-state index in [1.165, 1.54) is 0 Å². The van der Waals surface area contributed by atoms with Gasteiger partial charge in [-0.2, -0.15) is 0 Å². The quantitative estimate of drug-likeness (QED) is 0.778. The average molecular weight is 329 g/mol. The molecule has 0 spiro atoms. The summed E-state index contributed by atoms with van der Waals surface area (Å²) in [7, 11) is 0. The van der Waals surface area contributed by atoms with Crippen molar-refractivity contribution in [2.24, 2.45) is 0 Å². The Labute approximate surface area is 137 Å². The molecule has 0 aliphatic rings. The number of pyridine rings is 1. The zero-order valence-electron chi connectivity index (χ0n) is 12.1. The van der Waals surface area contributed by atoms with Crippen LogP contribution < -0.4 is 5.32 Å². The average Bonchev–Trinajstić information content (AvgIpc) is 3.02. The number of hydrogen-bond acceptors (Lipinski definition) is 5. The highest BCUT2D eigenvalue weighted by Gasteiger charge is 2.14. The number of hydrogen-bond donors (Lipinski definition) is 1. The van der Waals surface area contributed by atoms with Crippen molar-refractivity contribution in [3.05, 3.63) is 76.7 Å². The van der Waals surface area contributed by atoms with Crippen molar-refractivity contribution < 1.29 is 9.21 Å². The molecule has 0 fully saturated rings. The minimum Gasteiger partial charge on any atom is -0.417 e. The van der Waals surface area contributed by atoms with E-state index in [0.29, 0.717) is 23.9 Å². The lowest BCUT2D eigenvalue weighted by Crippen LogP contribution is -2.23. The summed E-state index contributed by atoms with van der Waals surface area (Å²) in [4.78, 5) is 16.0. The molecule has 0 aliphatic carbocycles. The van der Waals surface area contributed by atoms with E-state index in [0.717, 1.165) is 11.1 Å². The zero-order chi connectivity index (χ0) is 16.1. The molecular weight excluding hydrogens is 316 g/mol. The van der Waals surface area contributed by atoms with Crippen molar-refractivity contribution >= 4 is 17.5 Å². The molecule has 0 atom stereocenters. The second-order valence-electron chi connectivity index (χ2n) is 4.85. The third-order valence-electron chi connectivity index (χ3n) is 3.08. The maximum atomic E-state index is 12.0. The summed E-state index contributed by atoms with van der Waals surface area (Å²) in [6.45, 7) is 0.346. The summed E-state index contributed by atoms with van der Waals surface area (Å²) in [5, 5.41) is 11.0. The van der Waals surface area contributed by atoms with Crippen LogP contribution in [0.4, 0.5) is 0 Å². The lowest BCUT2D eigenvalue weighted by molar-refractivity contribution is 0.0914. The third kappa shape index (κ3) is 4.14. The Morgan fingerprint density at radius 2 is 2.04 bits per heavy atom. The number of nitrogens with one attached hydrogen (secondary N) is 1. The van der Waals surface area contributed by atoms with Crippen molar-refractivity contribution in [3.63, 3.8) is 0 Å². The molecule has 6 nitrogen and oxygen atoms in total. The summed E-state index contributed by atoms with van der Waals surface area (Å²) in [5.74, 6) is -0.122. The maximum absolute atomic E-state index is 12.0. The summed E-state index contributed by atoms with van der Waals surface area (Å²) < 4.78 is 5.38. The molecule has 3 rings (SSSR count). The monoisotopic (exact) mass is 328 g/mol. The molecule has 116 valence electrons. The van der Waals surface area contributed by atoms with Gasteiger partial charge in [-0.25, -0.2) is 0 Å². The number of aromatic nitrogens is 3. The fourth-order valence-electron chi connectivity index (χ4n) is 2.00. The van der Waals surface area contributed by atoms with Gasteiger partial charge in [-0.15, -0.1) is 10.2 Å².